The number of hydrogen-bond acceptors (Lipinski definition) is 4. The lowest BCUT2D eigenvalue weighted by atomic mass is 10.0. The maximum Gasteiger partial charge on any atom is 0.254 e. The van der Waals surface area contributed by atoms with Gasteiger partial charge >= 0.3 is 0 Å². The predicted molar refractivity (Wildman–Crippen MR) is 113 cm³/mol. The Kier molecular flexibility index (Phi) is 4.56. The van der Waals surface area contributed by atoms with E-state index in [4.69, 9.17) is 4.74 Å². The molecule has 2 heterocycles. The highest BCUT2D eigenvalue weighted by Crippen LogP contribution is 2.31. The number of aromatic nitrogens is 1. The minimum absolute atomic E-state index is 0.00698. The molecule has 0 spiro atoms. The molecule has 0 unspecified atom stereocenters. The molecule has 0 atom stereocenters. The van der Waals surface area contributed by atoms with Crippen molar-refractivity contribution in [1.29, 1.82) is 0 Å². The van der Waals surface area contributed by atoms with Crippen molar-refractivity contribution in [3.8, 4) is 5.75 Å². The third-order valence-corrected chi connectivity index (χ3v) is 7.31. The normalized spacial score (nSPS) is 16.5. The molecule has 8 heteroatoms. The number of methoxy groups -OCH3 is 1. The van der Waals surface area contributed by atoms with Gasteiger partial charge in [0, 0.05) is 53.3 Å². The lowest BCUT2D eigenvalue weighted by Crippen LogP contribution is -2.36. The third kappa shape index (κ3) is 3.36. The van der Waals surface area contributed by atoms with E-state index in [-0.39, 0.29) is 22.6 Å². The summed E-state index contributed by atoms with van der Waals surface area (Å²) >= 11 is 0. The molecule has 1 saturated carbocycles. The summed E-state index contributed by atoms with van der Waals surface area (Å²) in [5.41, 5.74) is 3.70. The van der Waals surface area contributed by atoms with E-state index < -0.39 is 10.0 Å². The van der Waals surface area contributed by atoms with Crippen LogP contribution in [0, 0.1) is 0 Å². The number of ether oxygens (including phenoxy) is 1. The Morgan fingerprint density at radius 2 is 2.00 bits per heavy atom. The van der Waals surface area contributed by atoms with Gasteiger partial charge in [0.05, 0.1) is 7.11 Å². The second kappa shape index (κ2) is 7.14. The number of nitrogens with zero attached hydrogens (tertiary/aromatic N) is 1. The monoisotopic (exact) mass is 425 g/mol. The van der Waals surface area contributed by atoms with Gasteiger partial charge in [0.15, 0.2) is 0 Å². The molecular weight excluding hydrogens is 402 g/mol. The quantitative estimate of drug-likeness (QED) is 0.658. The number of benzene rings is 2. The number of hydrogen-bond donors (Lipinski definition) is 2. The lowest BCUT2D eigenvalue weighted by molar-refractivity contribution is 0.0735. The van der Waals surface area contributed by atoms with Gasteiger partial charge in [0.2, 0.25) is 10.0 Å². The molecule has 7 nitrogen and oxygen atoms in total. The van der Waals surface area contributed by atoms with E-state index >= 15 is 0 Å². The van der Waals surface area contributed by atoms with Crippen molar-refractivity contribution in [2.45, 2.75) is 36.7 Å². The largest absolute Gasteiger partial charge is 0.495 e. The van der Waals surface area contributed by atoms with Crippen LogP contribution in [0.3, 0.4) is 0 Å². The number of fused-ring (bicyclic) bond motifs is 3. The highest BCUT2D eigenvalue weighted by molar-refractivity contribution is 7.89. The molecule has 2 aliphatic rings. The van der Waals surface area contributed by atoms with E-state index in [9.17, 15) is 13.2 Å². The average molecular weight is 426 g/mol. The first-order chi connectivity index (χ1) is 14.5. The summed E-state index contributed by atoms with van der Waals surface area (Å²) in [6.45, 7) is 1.07. The summed E-state index contributed by atoms with van der Waals surface area (Å²) in [5.74, 6) is 0.0497. The van der Waals surface area contributed by atoms with E-state index in [0.29, 0.717) is 18.7 Å². The third-order valence-electron chi connectivity index (χ3n) is 5.77. The number of carbonyl (C=O) groups excluding carboxylic acids is 1. The second-order valence-electron chi connectivity index (χ2n) is 7.87. The first kappa shape index (κ1) is 19.1. The Bertz CT molecular complexity index is 1240. The molecule has 1 aliphatic carbocycles. The second-order valence-corrected chi connectivity index (χ2v) is 9.55. The van der Waals surface area contributed by atoms with Crippen molar-refractivity contribution >= 4 is 26.8 Å². The number of aromatic amines is 1. The fraction of sp³-hybridized carbons (Fsp3) is 0.318. The molecule has 5 rings (SSSR count). The smallest absolute Gasteiger partial charge is 0.254 e. The highest BCUT2D eigenvalue weighted by atomic mass is 32.2. The average Bonchev–Trinajstić information content (AvgIpc) is 3.48. The van der Waals surface area contributed by atoms with Crippen LogP contribution in [0.5, 0.6) is 5.75 Å². The molecule has 30 heavy (non-hydrogen) atoms. The first-order valence-electron chi connectivity index (χ1n) is 10.0. The van der Waals surface area contributed by atoms with Gasteiger partial charge in [-0.3, -0.25) is 4.79 Å². The lowest BCUT2D eigenvalue weighted by Gasteiger charge is -2.27. The molecule has 1 amide bonds. The van der Waals surface area contributed by atoms with E-state index in [2.05, 4.69) is 15.8 Å². The van der Waals surface area contributed by atoms with E-state index in [1.165, 1.54) is 13.2 Å². The summed E-state index contributed by atoms with van der Waals surface area (Å²) in [6, 6.07) is 12.6. The molecule has 1 aliphatic heterocycles. The number of amides is 1. The number of nitrogens with one attached hydrogen (secondary N) is 2. The van der Waals surface area contributed by atoms with Crippen molar-refractivity contribution < 1.29 is 17.9 Å². The Morgan fingerprint density at radius 3 is 2.77 bits per heavy atom. The van der Waals surface area contributed by atoms with Gasteiger partial charge in [0.25, 0.3) is 5.91 Å². The minimum atomic E-state index is -3.75. The van der Waals surface area contributed by atoms with Crippen molar-refractivity contribution in [2.75, 3.05) is 13.7 Å². The molecule has 1 fully saturated rings. The molecule has 3 aromatic rings. The molecule has 0 saturated heterocycles. The topological polar surface area (TPSA) is 91.5 Å². The summed E-state index contributed by atoms with van der Waals surface area (Å²) in [4.78, 5) is 18.5. The molecule has 156 valence electrons. The van der Waals surface area contributed by atoms with Crippen LogP contribution in [0.25, 0.3) is 10.9 Å². The van der Waals surface area contributed by atoms with Gasteiger partial charge in [-0.15, -0.1) is 0 Å². The Morgan fingerprint density at radius 1 is 1.20 bits per heavy atom. The molecule has 0 bridgehead atoms. The summed E-state index contributed by atoms with van der Waals surface area (Å²) < 4.78 is 33.4. The summed E-state index contributed by atoms with van der Waals surface area (Å²) in [6.07, 6.45) is 2.40. The van der Waals surface area contributed by atoms with E-state index in [1.807, 2.05) is 18.2 Å². The summed E-state index contributed by atoms with van der Waals surface area (Å²) in [5, 5.41) is 1.12. The van der Waals surface area contributed by atoms with Crippen LogP contribution in [0.4, 0.5) is 0 Å². The van der Waals surface area contributed by atoms with Crippen LogP contribution < -0.4 is 9.46 Å². The van der Waals surface area contributed by atoms with Crippen LogP contribution in [-0.2, 0) is 23.0 Å². The molecule has 1 aromatic heterocycles. The molecule has 2 aromatic carbocycles. The number of para-hydroxylation sites is 1. The van der Waals surface area contributed by atoms with Gasteiger partial charge in [-0.25, -0.2) is 13.1 Å². The zero-order chi connectivity index (χ0) is 20.9. The van der Waals surface area contributed by atoms with Crippen LogP contribution in [-0.4, -0.2) is 43.9 Å². The van der Waals surface area contributed by atoms with Crippen molar-refractivity contribution in [2.24, 2.45) is 0 Å². The van der Waals surface area contributed by atoms with Gasteiger partial charge in [-0.1, -0.05) is 18.2 Å². The van der Waals surface area contributed by atoms with Gasteiger partial charge in [-0.05, 0) is 37.1 Å². The van der Waals surface area contributed by atoms with E-state index in [1.54, 1.807) is 17.0 Å². The number of carbonyl (C=O) groups is 1. The Hall–Kier alpha value is -2.84. The number of sulfonamides is 1. The fourth-order valence-electron chi connectivity index (χ4n) is 4.03. The Labute approximate surface area is 175 Å². The number of rotatable bonds is 5. The predicted octanol–water partition coefficient (Wildman–Crippen LogP) is 2.82. The van der Waals surface area contributed by atoms with Gasteiger partial charge in [0.1, 0.15) is 10.6 Å². The van der Waals surface area contributed by atoms with Gasteiger partial charge < -0.3 is 14.6 Å². The zero-order valence-electron chi connectivity index (χ0n) is 16.6. The minimum Gasteiger partial charge on any atom is -0.495 e. The molecule has 0 radical (unpaired) electrons. The SMILES string of the molecule is COc1ccc(C(=O)N2CCc3[nH]c4ccccc4c3C2)cc1S(=O)(=O)NC1CC1. The summed E-state index contributed by atoms with van der Waals surface area (Å²) in [7, 11) is -2.32. The number of H-pyrrole nitrogens is 1. The van der Waals surface area contributed by atoms with Crippen LogP contribution in [0.15, 0.2) is 47.4 Å². The van der Waals surface area contributed by atoms with Crippen LogP contribution in [0.2, 0.25) is 0 Å². The van der Waals surface area contributed by atoms with Gasteiger partial charge in [-0.2, -0.15) is 0 Å². The van der Waals surface area contributed by atoms with Crippen LogP contribution >= 0.6 is 0 Å². The van der Waals surface area contributed by atoms with Crippen LogP contribution in [0.1, 0.15) is 34.5 Å². The maximum absolute atomic E-state index is 13.2. The Balaban J connectivity index is 1.46. The van der Waals surface area contributed by atoms with Crippen molar-refractivity contribution in [3.05, 3.63) is 59.3 Å². The molecule has 2 N–H and O–H groups in total. The fourth-order valence-corrected chi connectivity index (χ4v) is 5.53. The maximum atomic E-state index is 13.2. The highest BCUT2D eigenvalue weighted by Gasteiger charge is 2.31. The zero-order valence-corrected chi connectivity index (χ0v) is 17.5. The van der Waals surface area contributed by atoms with Crippen molar-refractivity contribution in [1.82, 2.24) is 14.6 Å². The van der Waals surface area contributed by atoms with E-state index in [0.717, 1.165) is 41.4 Å². The van der Waals surface area contributed by atoms with Crippen molar-refractivity contribution in [3.63, 3.8) is 0 Å². The standard InChI is InChI=1S/C22H23N3O4S/c1-29-20-9-6-14(12-21(20)30(27,28)24-15-7-8-15)22(26)25-11-10-19-17(13-25)16-4-2-3-5-18(16)23-19/h2-6,9,12,15,23-24H,7-8,10-11,13H2,1H3. The molecular formula is C22H23N3O4S. The first-order valence-corrected chi connectivity index (χ1v) is 11.5.